The molecule has 1 unspecified atom stereocenters. The van der Waals surface area contributed by atoms with Gasteiger partial charge in [-0.05, 0) is 19.1 Å². The predicted molar refractivity (Wildman–Crippen MR) is 69.4 cm³/mol. The maximum Gasteiger partial charge on any atom is 0.300 e. The van der Waals surface area contributed by atoms with E-state index < -0.39 is 5.97 Å². The molecule has 0 saturated carbocycles. The Kier molecular flexibility index (Phi) is 5.49. The largest absolute Gasteiger partial charge is 0.481 e. The number of hydrogen-bond donors (Lipinski definition) is 2. The van der Waals surface area contributed by atoms with E-state index in [1.165, 1.54) is 5.69 Å². The number of nitrogens with one attached hydrogen (secondary N) is 1. The molecular weight excluding hydrogens is 216 g/mol. The van der Waals surface area contributed by atoms with E-state index in [4.69, 9.17) is 9.90 Å². The number of carboxylic acid groups (broad SMARTS) is 1. The minimum absolute atomic E-state index is 0.606. The van der Waals surface area contributed by atoms with Crippen molar-refractivity contribution in [3.05, 3.63) is 30.3 Å². The molecular formula is C13H20N2O2. The Bertz CT molecular complexity index is 337. The van der Waals surface area contributed by atoms with Crippen LogP contribution in [0, 0.1) is 0 Å². The van der Waals surface area contributed by atoms with Crippen molar-refractivity contribution in [2.24, 2.45) is 0 Å². The maximum atomic E-state index is 9.00. The summed E-state index contributed by atoms with van der Waals surface area (Å²) in [5, 5.41) is 10.9. The molecule has 2 N–H and O–H groups in total. The van der Waals surface area contributed by atoms with Crippen LogP contribution in [-0.2, 0) is 4.79 Å². The van der Waals surface area contributed by atoms with Gasteiger partial charge in [0.25, 0.3) is 5.97 Å². The summed E-state index contributed by atoms with van der Waals surface area (Å²) in [5.41, 5.74) is 1.34. The highest BCUT2D eigenvalue weighted by Gasteiger charge is 2.14. The molecule has 4 heteroatoms. The molecule has 4 nitrogen and oxygen atoms in total. The third-order valence-corrected chi connectivity index (χ3v) is 2.49. The Labute approximate surface area is 102 Å². The van der Waals surface area contributed by atoms with Gasteiger partial charge >= 0.3 is 0 Å². The molecule has 1 aromatic carbocycles. The lowest BCUT2D eigenvalue weighted by Gasteiger charge is -2.33. The van der Waals surface area contributed by atoms with Gasteiger partial charge in [0, 0.05) is 38.3 Å². The molecule has 94 valence electrons. The molecule has 0 radical (unpaired) electrons. The number of aliphatic carboxylic acids is 1. The van der Waals surface area contributed by atoms with E-state index in [0.29, 0.717) is 6.04 Å². The van der Waals surface area contributed by atoms with Crippen LogP contribution < -0.4 is 10.2 Å². The average molecular weight is 236 g/mol. The first-order valence-corrected chi connectivity index (χ1v) is 5.82. The number of para-hydroxylation sites is 1. The highest BCUT2D eigenvalue weighted by atomic mass is 16.4. The fraction of sp³-hybridized carbons (Fsp3) is 0.462. The Hall–Kier alpha value is -1.55. The first-order valence-electron chi connectivity index (χ1n) is 5.82. The normalized spacial score (nSPS) is 19.2. The van der Waals surface area contributed by atoms with E-state index in [-0.39, 0.29) is 0 Å². The fourth-order valence-electron chi connectivity index (χ4n) is 1.81. The van der Waals surface area contributed by atoms with Crippen LogP contribution in [0.4, 0.5) is 5.69 Å². The molecule has 0 aromatic heterocycles. The van der Waals surface area contributed by atoms with Crippen molar-refractivity contribution >= 4 is 11.7 Å². The fourth-order valence-corrected chi connectivity index (χ4v) is 1.81. The van der Waals surface area contributed by atoms with Crippen molar-refractivity contribution in [2.75, 3.05) is 24.5 Å². The number of rotatable bonds is 1. The smallest absolute Gasteiger partial charge is 0.300 e. The van der Waals surface area contributed by atoms with E-state index in [0.717, 1.165) is 26.6 Å². The van der Waals surface area contributed by atoms with Crippen molar-refractivity contribution in [3.63, 3.8) is 0 Å². The van der Waals surface area contributed by atoms with E-state index in [1.807, 2.05) is 0 Å². The van der Waals surface area contributed by atoms with Crippen LogP contribution in [-0.4, -0.2) is 36.8 Å². The third kappa shape index (κ3) is 5.36. The van der Waals surface area contributed by atoms with E-state index in [9.17, 15) is 0 Å². The monoisotopic (exact) mass is 236 g/mol. The standard InChI is InChI=1S/C11H16N2.C2H4O2/c1-10-9-13(8-7-12-10)11-5-3-2-4-6-11;1-2(3)4/h2-6,10,12H,7-9H2,1H3;1H3,(H,3,4). The summed E-state index contributed by atoms with van der Waals surface area (Å²) in [4.78, 5) is 11.4. The Morgan fingerprint density at radius 2 is 2.00 bits per heavy atom. The van der Waals surface area contributed by atoms with Crippen LogP contribution in [0.1, 0.15) is 13.8 Å². The van der Waals surface area contributed by atoms with Gasteiger partial charge in [-0.15, -0.1) is 0 Å². The molecule has 0 aliphatic carbocycles. The van der Waals surface area contributed by atoms with Gasteiger partial charge in [0.05, 0.1) is 0 Å². The van der Waals surface area contributed by atoms with Crippen LogP contribution in [0.2, 0.25) is 0 Å². The number of anilines is 1. The SMILES string of the molecule is CC(=O)O.CC1CN(c2ccccc2)CCN1. The van der Waals surface area contributed by atoms with Gasteiger partial charge in [0.2, 0.25) is 0 Å². The van der Waals surface area contributed by atoms with Crippen LogP contribution >= 0.6 is 0 Å². The quantitative estimate of drug-likeness (QED) is 0.777. The molecule has 0 spiro atoms. The number of hydrogen-bond acceptors (Lipinski definition) is 3. The van der Waals surface area contributed by atoms with Crippen molar-refractivity contribution in [2.45, 2.75) is 19.9 Å². The summed E-state index contributed by atoms with van der Waals surface area (Å²) >= 11 is 0. The van der Waals surface area contributed by atoms with Crippen molar-refractivity contribution in [3.8, 4) is 0 Å². The first kappa shape index (κ1) is 13.5. The first-order chi connectivity index (χ1) is 8.09. The van der Waals surface area contributed by atoms with Gasteiger partial charge in [-0.25, -0.2) is 0 Å². The van der Waals surface area contributed by atoms with Gasteiger partial charge in [-0.2, -0.15) is 0 Å². The topological polar surface area (TPSA) is 52.6 Å². The Morgan fingerprint density at radius 1 is 1.41 bits per heavy atom. The number of carboxylic acids is 1. The highest BCUT2D eigenvalue weighted by molar-refractivity contribution is 5.62. The summed E-state index contributed by atoms with van der Waals surface area (Å²) < 4.78 is 0. The van der Waals surface area contributed by atoms with Crippen LogP contribution in [0.25, 0.3) is 0 Å². The second-order valence-corrected chi connectivity index (χ2v) is 4.16. The number of nitrogens with zero attached hydrogens (tertiary/aromatic N) is 1. The number of benzene rings is 1. The minimum atomic E-state index is -0.833. The summed E-state index contributed by atoms with van der Waals surface area (Å²) in [7, 11) is 0. The highest BCUT2D eigenvalue weighted by Crippen LogP contribution is 2.14. The summed E-state index contributed by atoms with van der Waals surface area (Å²) in [6.07, 6.45) is 0. The van der Waals surface area contributed by atoms with Gasteiger partial charge in [0.15, 0.2) is 0 Å². The molecule has 1 heterocycles. The van der Waals surface area contributed by atoms with Gasteiger partial charge in [0.1, 0.15) is 0 Å². The van der Waals surface area contributed by atoms with Gasteiger partial charge in [-0.1, -0.05) is 18.2 Å². The molecule has 1 saturated heterocycles. The molecule has 1 fully saturated rings. The van der Waals surface area contributed by atoms with Crippen molar-refractivity contribution in [1.82, 2.24) is 5.32 Å². The molecule has 1 aliphatic rings. The zero-order valence-electron chi connectivity index (χ0n) is 10.4. The van der Waals surface area contributed by atoms with Crippen molar-refractivity contribution in [1.29, 1.82) is 0 Å². The second-order valence-electron chi connectivity index (χ2n) is 4.16. The summed E-state index contributed by atoms with van der Waals surface area (Å²) in [6, 6.07) is 11.2. The van der Waals surface area contributed by atoms with Gasteiger partial charge in [-0.3, -0.25) is 4.79 Å². The molecule has 0 bridgehead atoms. The lowest BCUT2D eigenvalue weighted by Crippen LogP contribution is -2.49. The lowest BCUT2D eigenvalue weighted by atomic mass is 10.2. The van der Waals surface area contributed by atoms with Crippen molar-refractivity contribution < 1.29 is 9.90 Å². The second kappa shape index (κ2) is 6.91. The van der Waals surface area contributed by atoms with Crippen LogP contribution in [0.15, 0.2) is 30.3 Å². The maximum absolute atomic E-state index is 9.00. The van der Waals surface area contributed by atoms with Crippen LogP contribution in [0.5, 0.6) is 0 Å². The Balaban J connectivity index is 0.000000317. The predicted octanol–water partition coefficient (Wildman–Crippen LogP) is 1.58. The van der Waals surface area contributed by atoms with Crippen LogP contribution in [0.3, 0.4) is 0 Å². The van der Waals surface area contributed by atoms with E-state index in [2.05, 4.69) is 47.5 Å². The average Bonchev–Trinajstić information content (AvgIpc) is 2.29. The lowest BCUT2D eigenvalue weighted by molar-refractivity contribution is -0.134. The van der Waals surface area contributed by atoms with E-state index in [1.54, 1.807) is 0 Å². The minimum Gasteiger partial charge on any atom is -0.481 e. The molecule has 1 aliphatic heterocycles. The number of piperazine rings is 1. The zero-order chi connectivity index (χ0) is 12.7. The van der Waals surface area contributed by atoms with E-state index >= 15 is 0 Å². The molecule has 1 atom stereocenters. The Morgan fingerprint density at radius 3 is 2.53 bits per heavy atom. The summed E-state index contributed by atoms with van der Waals surface area (Å²) in [6.45, 7) is 6.64. The zero-order valence-corrected chi connectivity index (χ0v) is 10.4. The summed E-state index contributed by atoms with van der Waals surface area (Å²) in [5.74, 6) is -0.833. The van der Waals surface area contributed by atoms with Gasteiger partial charge < -0.3 is 15.3 Å². The molecule has 1 aromatic rings. The third-order valence-electron chi connectivity index (χ3n) is 2.49. The molecule has 2 rings (SSSR count). The molecule has 0 amide bonds. The molecule has 17 heavy (non-hydrogen) atoms. The number of carbonyl (C=O) groups is 1.